The van der Waals surface area contributed by atoms with Crippen molar-refractivity contribution in [3.05, 3.63) is 35.9 Å². The van der Waals surface area contributed by atoms with Crippen LogP contribution in [0.25, 0.3) is 0 Å². The molecule has 0 aromatic heterocycles. The zero-order valence-electron chi connectivity index (χ0n) is 15.3. The maximum atomic E-state index is 12.8. The van der Waals surface area contributed by atoms with E-state index >= 15 is 0 Å². The minimum absolute atomic E-state index is 0.0320. The van der Waals surface area contributed by atoms with Crippen LogP contribution >= 0.6 is 0 Å². The first-order valence-corrected chi connectivity index (χ1v) is 10.2. The lowest BCUT2D eigenvalue weighted by Crippen LogP contribution is -2.57. The van der Waals surface area contributed by atoms with E-state index in [1.807, 2.05) is 6.07 Å². The number of carbonyl (C=O) groups excluding carboxylic acids is 1. The van der Waals surface area contributed by atoms with Crippen molar-refractivity contribution < 1.29 is 4.79 Å². The molecule has 3 heteroatoms. The van der Waals surface area contributed by atoms with E-state index in [1.165, 1.54) is 44.1 Å². The Kier molecular flexibility index (Phi) is 3.45. The molecular weight excluding hydrogens is 308 g/mol. The third-order valence-corrected chi connectivity index (χ3v) is 7.78. The maximum absolute atomic E-state index is 12.8. The highest BCUT2D eigenvalue weighted by molar-refractivity contribution is 5.76. The number of urea groups is 1. The molecule has 0 saturated heterocycles. The van der Waals surface area contributed by atoms with Crippen LogP contribution < -0.4 is 10.6 Å². The topological polar surface area (TPSA) is 41.1 Å². The summed E-state index contributed by atoms with van der Waals surface area (Å²) in [6, 6.07) is 10.7. The molecule has 5 saturated carbocycles. The van der Waals surface area contributed by atoms with E-state index in [1.54, 1.807) is 0 Å². The highest BCUT2D eigenvalue weighted by atomic mass is 16.2. The molecule has 5 aliphatic rings. The van der Waals surface area contributed by atoms with Gasteiger partial charge >= 0.3 is 6.03 Å². The molecule has 0 unspecified atom stereocenters. The van der Waals surface area contributed by atoms with Crippen LogP contribution in [-0.4, -0.2) is 12.1 Å². The zero-order chi connectivity index (χ0) is 17.1. The Balaban J connectivity index is 1.26. The number of rotatable bonds is 4. The molecule has 134 valence electrons. The van der Waals surface area contributed by atoms with Crippen molar-refractivity contribution >= 4 is 6.03 Å². The summed E-state index contributed by atoms with van der Waals surface area (Å²) in [6.07, 6.45) is 10.5. The van der Waals surface area contributed by atoms with Crippen LogP contribution in [0.4, 0.5) is 4.79 Å². The molecule has 1 atom stereocenters. The third-order valence-electron chi connectivity index (χ3n) is 7.78. The van der Waals surface area contributed by atoms with Crippen molar-refractivity contribution in [2.24, 2.45) is 23.2 Å². The van der Waals surface area contributed by atoms with E-state index in [9.17, 15) is 4.79 Å². The van der Waals surface area contributed by atoms with Crippen molar-refractivity contribution in [3.63, 3.8) is 0 Å². The van der Waals surface area contributed by atoms with Gasteiger partial charge in [-0.05, 0) is 87.0 Å². The van der Waals surface area contributed by atoms with Gasteiger partial charge in [-0.2, -0.15) is 0 Å². The Morgan fingerprint density at radius 3 is 2.08 bits per heavy atom. The highest BCUT2D eigenvalue weighted by Gasteiger charge is 2.53. The summed E-state index contributed by atoms with van der Waals surface area (Å²) in [4.78, 5) is 12.8. The fourth-order valence-electron chi connectivity index (χ4n) is 6.68. The lowest BCUT2D eigenvalue weighted by molar-refractivity contribution is -0.0682. The van der Waals surface area contributed by atoms with Crippen LogP contribution in [0.3, 0.4) is 0 Å². The van der Waals surface area contributed by atoms with E-state index in [-0.39, 0.29) is 17.6 Å². The number of amides is 2. The van der Waals surface area contributed by atoms with Gasteiger partial charge in [0, 0.05) is 6.04 Å². The second-order valence-electron chi connectivity index (χ2n) is 9.55. The number of hydrogen-bond donors (Lipinski definition) is 2. The van der Waals surface area contributed by atoms with Gasteiger partial charge in [-0.15, -0.1) is 0 Å². The molecule has 3 nitrogen and oxygen atoms in total. The zero-order valence-corrected chi connectivity index (χ0v) is 15.3. The molecule has 6 rings (SSSR count). The first-order chi connectivity index (χ1) is 12.1. The van der Waals surface area contributed by atoms with Gasteiger partial charge in [0.15, 0.2) is 0 Å². The standard InChI is InChI=1S/C22H30N2O/c1-15(21-12-16-9-17(13-21)11-18(10-16)14-21)23-20(25)24-22(7-8-22)19-5-3-2-4-6-19/h2-6,15-18H,7-14H2,1H3,(H2,23,24,25)/t15-,16?,17?,18?,21?/m0/s1. The molecule has 4 bridgehead atoms. The van der Waals surface area contributed by atoms with Crippen molar-refractivity contribution in [3.8, 4) is 0 Å². The summed E-state index contributed by atoms with van der Waals surface area (Å²) in [5.74, 6) is 2.79. The number of carbonyl (C=O) groups is 1. The highest BCUT2D eigenvalue weighted by Crippen LogP contribution is 2.61. The largest absolute Gasteiger partial charge is 0.335 e. The molecule has 5 aliphatic carbocycles. The van der Waals surface area contributed by atoms with E-state index < -0.39 is 0 Å². The minimum atomic E-state index is -0.119. The molecule has 0 aliphatic heterocycles. The lowest BCUT2D eigenvalue weighted by Gasteiger charge is -2.59. The fourth-order valence-corrected chi connectivity index (χ4v) is 6.68. The minimum Gasteiger partial charge on any atom is -0.335 e. The van der Waals surface area contributed by atoms with Gasteiger partial charge in [-0.3, -0.25) is 0 Å². The molecule has 2 N–H and O–H groups in total. The van der Waals surface area contributed by atoms with Crippen LogP contribution in [0.5, 0.6) is 0 Å². The van der Waals surface area contributed by atoms with Gasteiger partial charge in [0.05, 0.1) is 5.54 Å². The summed E-state index contributed by atoms with van der Waals surface area (Å²) >= 11 is 0. The van der Waals surface area contributed by atoms with Gasteiger partial charge in [0.2, 0.25) is 0 Å². The van der Waals surface area contributed by atoms with E-state index in [4.69, 9.17) is 0 Å². The average molecular weight is 338 g/mol. The fraction of sp³-hybridized carbons (Fsp3) is 0.682. The summed E-state index contributed by atoms with van der Waals surface area (Å²) in [5, 5.41) is 6.65. The van der Waals surface area contributed by atoms with Crippen LogP contribution in [0.2, 0.25) is 0 Å². The molecule has 2 amide bonds. The monoisotopic (exact) mass is 338 g/mol. The van der Waals surface area contributed by atoms with Crippen LogP contribution in [0.15, 0.2) is 30.3 Å². The Labute approximate surface area is 151 Å². The first kappa shape index (κ1) is 15.7. The Morgan fingerprint density at radius 1 is 1.00 bits per heavy atom. The van der Waals surface area contributed by atoms with E-state index in [2.05, 4.69) is 41.8 Å². The second-order valence-corrected chi connectivity index (χ2v) is 9.55. The molecule has 25 heavy (non-hydrogen) atoms. The Bertz CT molecular complexity index is 629. The predicted molar refractivity (Wildman–Crippen MR) is 99.1 cm³/mol. The van der Waals surface area contributed by atoms with Crippen LogP contribution in [-0.2, 0) is 5.54 Å². The maximum Gasteiger partial charge on any atom is 0.315 e. The lowest BCUT2D eigenvalue weighted by atomic mass is 9.48. The quantitative estimate of drug-likeness (QED) is 0.829. The van der Waals surface area contributed by atoms with Gasteiger partial charge in [0.1, 0.15) is 0 Å². The van der Waals surface area contributed by atoms with Crippen molar-refractivity contribution in [1.29, 1.82) is 0 Å². The number of benzene rings is 1. The summed E-state index contributed by atoms with van der Waals surface area (Å²) < 4.78 is 0. The number of hydrogen-bond acceptors (Lipinski definition) is 1. The normalized spacial score (nSPS) is 38.2. The predicted octanol–water partition coefficient (Wildman–Crippen LogP) is 4.58. The molecule has 1 aromatic rings. The van der Waals surface area contributed by atoms with E-state index in [0.29, 0.717) is 5.41 Å². The Hall–Kier alpha value is -1.51. The molecule has 5 fully saturated rings. The summed E-state index contributed by atoms with van der Waals surface area (Å²) in [6.45, 7) is 2.26. The smallest absolute Gasteiger partial charge is 0.315 e. The molecule has 0 radical (unpaired) electrons. The molecule has 0 heterocycles. The molecule has 1 aromatic carbocycles. The van der Waals surface area contributed by atoms with E-state index in [0.717, 1.165) is 30.6 Å². The van der Waals surface area contributed by atoms with Crippen molar-refractivity contribution in [1.82, 2.24) is 10.6 Å². The average Bonchev–Trinajstić information content (AvgIpc) is 3.35. The van der Waals surface area contributed by atoms with Crippen molar-refractivity contribution in [2.45, 2.75) is 69.9 Å². The number of nitrogens with one attached hydrogen (secondary N) is 2. The molecular formula is C22H30N2O. The summed E-state index contributed by atoms with van der Waals surface area (Å²) in [7, 11) is 0. The first-order valence-electron chi connectivity index (χ1n) is 10.2. The Morgan fingerprint density at radius 2 is 1.56 bits per heavy atom. The van der Waals surface area contributed by atoms with Crippen molar-refractivity contribution in [2.75, 3.05) is 0 Å². The second kappa shape index (κ2) is 5.49. The van der Waals surface area contributed by atoms with Gasteiger partial charge in [-0.25, -0.2) is 4.79 Å². The van der Waals surface area contributed by atoms with Crippen LogP contribution in [0.1, 0.15) is 63.9 Å². The van der Waals surface area contributed by atoms with Gasteiger partial charge in [-0.1, -0.05) is 30.3 Å². The van der Waals surface area contributed by atoms with Gasteiger partial charge in [0.25, 0.3) is 0 Å². The molecule has 0 spiro atoms. The van der Waals surface area contributed by atoms with Crippen LogP contribution in [0, 0.1) is 23.2 Å². The summed E-state index contributed by atoms with van der Waals surface area (Å²) in [5.41, 5.74) is 1.50. The SMILES string of the molecule is C[C@H](NC(=O)NC1(c2ccccc2)CC1)C12CC3CC(CC(C3)C1)C2. The van der Waals surface area contributed by atoms with Gasteiger partial charge < -0.3 is 10.6 Å². The third kappa shape index (κ3) is 2.67.